The molecule has 0 aromatic heterocycles. The molecule has 1 aromatic carbocycles. The first-order chi connectivity index (χ1) is 6.58. The van der Waals surface area contributed by atoms with E-state index in [0.29, 0.717) is 5.75 Å². The molecule has 0 aliphatic rings. The van der Waals surface area contributed by atoms with E-state index >= 15 is 0 Å². The summed E-state index contributed by atoms with van der Waals surface area (Å²) in [5, 5.41) is 17.6. The number of carboxylic acid groups (broad SMARTS) is 1. The minimum absolute atomic E-state index is 0.0599. The van der Waals surface area contributed by atoms with E-state index < -0.39 is 12.1 Å². The van der Waals surface area contributed by atoms with Gasteiger partial charge in [-0.1, -0.05) is 6.07 Å². The average Bonchev–Trinajstić information content (AvgIpc) is 2.01. The Bertz CT molecular complexity index is 322. The van der Waals surface area contributed by atoms with Gasteiger partial charge >= 0.3 is 5.97 Å². The van der Waals surface area contributed by atoms with Crippen LogP contribution in [0.25, 0.3) is 0 Å². The second-order valence-electron chi connectivity index (χ2n) is 3.02. The molecule has 1 rings (SSSR count). The summed E-state index contributed by atoms with van der Waals surface area (Å²) >= 11 is 0. The van der Waals surface area contributed by atoms with Gasteiger partial charge in [0, 0.05) is 6.07 Å². The third kappa shape index (κ3) is 3.35. The van der Waals surface area contributed by atoms with Gasteiger partial charge in [-0.25, -0.2) is 0 Å². The second-order valence-corrected chi connectivity index (χ2v) is 3.02. The molecule has 4 heteroatoms. The zero-order valence-corrected chi connectivity index (χ0v) is 7.80. The molecule has 0 heterocycles. The molecular formula is C10H12O4. The molecular weight excluding hydrogens is 184 g/mol. The smallest absolute Gasteiger partial charge is 0.307 e. The quantitative estimate of drug-likeness (QED) is 0.768. The number of benzene rings is 1. The topological polar surface area (TPSA) is 66.8 Å². The molecule has 0 spiro atoms. The van der Waals surface area contributed by atoms with Gasteiger partial charge < -0.3 is 14.9 Å². The predicted octanol–water partition coefficient (Wildman–Crippen LogP) is 1.63. The van der Waals surface area contributed by atoms with E-state index in [1.165, 1.54) is 12.1 Å². The number of carbonyl (C=O) groups is 1. The maximum absolute atomic E-state index is 10.3. The molecule has 0 radical (unpaired) electrons. The van der Waals surface area contributed by atoms with Gasteiger partial charge in [0.1, 0.15) is 17.6 Å². The van der Waals surface area contributed by atoms with Crippen molar-refractivity contribution < 1.29 is 19.7 Å². The van der Waals surface area contributed by atoms with Crippen LogP contribution in [0.5, 0.6) is 11.5 Å². The number of hydrogen-bond acceptors (Lipinski definition) is 3. The fourth-order valence-electron chi connectivity index (χ4n) is 1.08. The van der Waals surface area contributed by atoms with Crippen molar-refractivity contribution in [3.8, 4) is 11.5 Å². The SMILES string of the molecule is CC(CC(=O)O)Oc1cccc(O)c1. The highest BCUT2D eigenvalue weighted by atomic mass is 16.5. The van der Waals surface area contributed by atoms with Crippen molar-refractivity contribution in [2.75, 3.05) is 0 Å². The van der Waals surface area contributed by atoms with Crippen LogP contribution in [0.4, 0.5) is 0 Å². The Balaban J connectivity index is 2.55. The first kappa shape index (κ1) is 10.4. The average molecular weight is 196 g/mol. The Morgan fingerprint density at radius 3 is 2.86 bits per heavy atom. The summed E-state index contributed by atoms with van der Waals surface area (Å²) in [6.07, 6.45) is -0.468. The first-order valence-corrected chi connectivity index (χ1v) is 4.25. The second kappa shape index (κ2) is 4.50. The number of aliphatic carboxylic acids is 1. The monoisotopic (exact) mass is 196 g/mol. The van der Waals surface area contributed by atoms with Gasteiger partial charge in [0.2, 0.25) is 0 Å². The number of hydrogen-bond donors (Lipinski definition) is 2. The highest BCUT2D eigenvalue weighted by Crippen LogP contribution is 2.19. The van der Waals surface area contributed by atoms with Crippen molar-refractivity contribution in [1.29, 1.82) is 0 Å². The highest BCUT2D eigenvalue weighted by Gasteiger charge is 2.08. The van der Waals surface area contributed by atoms with E-state index in [0.717, 1.165) is 0 Å². The summed E-state index contributed by atoms with van der Waals surface area (Å²) in [5.41, 5.74) is 0. The molecule has 2 N–H and O–H groups in total. The van der Waals surface area contributed by atoms with E-state index in [-0.39, 0.29) is 12.2 Å². The van der Waals surface area contributed by atoms with Crippen molar-refractivity contribution in [2.24, 2.45) is 0 Å². The maximum atomic E-state index is 10.3. The van der Waals surface area contributed by atoms with E-state index in [1.807, 2.05) is 0 Å². The normalized spacial score (nSPS) is 12.1. The van der Waals surface area contributed by atoms with Crippen molar-refractivity contribution in [3.63, 3.8) is 0 Å². The minimum Gasteiger partial charge on any atom is -0.508 e. The van der Waals surface area contributed by atoms with E-state index in [2.05, 4.69) is 0 Å². The highest BCUT2D eigenvalue weighted by molar-refractivity contribution is 5.67. The van der Waals surface area contributed by atoms with E-state index in [9.17, 15) is 4.79 Å². The van der Waals surface area contributed by atoms with Crippen LogP contribution in [0.2, 0.25) is 0 Å². The molecule has 0 aliphatic carbocycles. The lowest BCUT2D eigenvalue weighted by Crippen LogP contribution is -2.16. The lowest BCUT2D eigenvalue weighted by Gasteiger charge is -2.12. The van der Waals surface area contributed by atoms with Gasteiger partial charge in [-0.2, -0.15) is 0 Å². The van der Waals surface area contributed by atoms with Crippen LogP contribution in [-0.4, -0.2) is 22.3 Å². The summed E-state index contributed by atoms with van der Waals surface area (Å²) < 4.78 is 5.27. The lowest BCUT2D eigenvalue weighted by molar-refractivity contribution is -0.138. The van der Waals surface area contributed by atoms with E-state index in [1.54, 1.807) is 19.1 Å². The number of ether oxygens (including phenoxy) is 1. The number of phenols is 1. The van der Waals surface area contributed by atoms with E-state index in [4.69, 9.17) is 14.9 Å². The van der Waals surface area contributed by atoms with Gasteiger partial charge in [-0.3, -0.25) is 4.79 Å². The first-order valence-electron chi connectivity index (χ1n) is 4.25. The number of carboxylic acids is 1. The Kier molecular flexibility index (Phi) is 3.34. The van der Waals surface area contributed by atoms with Crippen molar-refractivity contribution in [2.45, 2.75) is 19.4 Å². The molecule has 0 fully saturated rings. The molecule has 0 bridgehead atoms. The van der Waals surface area contributed by atoms with Crippen molar-refractivity contribution in [1.82, 2.24) is 0 Å². The zero-order chi connectivity index (χ0) is 10.6. The molecule has 4 nitrogen and oxygen atoms in total. The molecule has 76 valence electrons. The molecule has 0 aliphatic heterocycles. The molecule has 0 saturated carbocycles. The standard InChI is InChI=1S/C10H12O4/c1-7(5-10(12)13)14-9-4-2-3-8(11)6-9/h2-4,6-7,11H,5H2,1H3,(H,12,13). The molecule has 0 amide bonds. The van der Waals surface area contributed by atoms with Crippen LogP contribution >= 0.6 is 0 Å². The summed E-state index contributed by atoms with van der Waals surface area (Å²) in [4.78, 5) is 10.3. The Morgan fingerprint density at radius 1 is 1.57 bits per heavy atom. The molecule has 1 unspecified atom stereocenters. The van der Waals surface area contributed by atoms with Gasteiger partial charge in [0.05, 0.1) is 6.42 Å². The van der Waals surface area contributed by atoms with Crippen molar-refractivity contribution >= 4 is 5.97 Å². The van der Waals surface area contributed by atoms with Gasteiger partial charge in [0.15, 0.2) is 0 Å². The van der Waals surface area contributed by atoms with Gasteiger partial charge in [0.25, 0.3) is 0 Å². The minimum atomic E-state index is -0.905. The van der Waals surface area contributed by atoms with Crippen LogP contribution in [-0.2, 0) is 4.79 Å². The van der Waals surface area contributed by atoms with Crippen LogP contribution in [0, 0.1) is 0 Å². The fourth-order valence-corrected chi connectivity index (χ4v) is 1.08. The molecule has 14 heavy (non-hydrogen) atoms. The third-order valence-electron chi connectivity index (χ3n) is 1.62. The molecule has 0 saturated heterocycles. The largest absolute Gasteiger partial charge is 0.508 e. The van der Waals surface area contributed by atoms with Crippen LogP contribution in [0.15, 0.2) is 24.3 Å². The number of aromatic hydroxyl groups is 1. The maximum Gasteiger partial charge on any atom is 0.307 e. The summed E-state index contributed by atoms with van der Waals surface area (Å²) in [7, 11) is 0. The van der Waals surface area contributed by atoms with Crippen LogP contribution in [0.1, 0.15) is 13.3 Å². The lowest BCUT2D eigenvalue weighted by atomic mass is 10.3. The molecule has 1 atom stereocenters. The van der Waals surface area contributed by atoms with Crippen molar-refractivity contribution in [3.05, 3.63) is 24.3 Å². The Morgan fingerprint density at radius 2 is 2.29 bits per heavy atom. The Hall–Kier alpha value is -1.71. The number of phenolic OH excluding ortho intramolecular Hbond substituents is 1. The van der Waals surface area contributed by atoms with Crippen LogP contribution < -0.4 is 4.74 Å². The summed E-state index contributed by atoms with van der Waals surface area (Å²) in [6.45, 7) is 1.66. The summed E-state index contributed by atoms with van der Waals surface area (Å²) in [5.74, 6) is -0.332. The number of rotatable bonds is 4. The van der Waals surface area contributed by atoms with Gasteiger partial charge in [-0.05, 0) is 19.1 Å². The molecule has 1 aromatic rings. The summed E-state index contributed by atoms with van der Waals surface area (Å²) in [6, 6.07) is 6.27. The van der Waals surface area contributed by atoms with Crippen LogP contribution in [0.3, 0.4) is 0 Å². The Labute approximate surface area is 81.8 Å². The zero-order valence-electron chi connectivity index (χ0n) is 7.80. The predicted molar refractivity (Wildman–Crippen MR) is 50.4 cm³/mol. The third-order valence-corrected chi connectivity index (χ3v) is 1.62. The fraction of sp³-hybridized carbons (Fsp3) is 0.300. The van der Waals surface area contributed by atoms with Gasteiger partial charge in [-0.15, -0.1) is 0 Å².